The summed E-state index contributed by atoms with van der Waals surface area (Å²) in [5.41, 5.74) is 0.761. The first-order valence-corrected chi connectivity index (χ1v) is 13.5. The first-order chi connectivity index (χ1) is 18.6. The van der Waals surface area contributed by atoms with Gasteiger partial charge in [0.2, 0.25) is 5.95 Å². The van der Waals surface area contributed by atoms with Gasteiger partial charge in [-0.1, -0.05) is 18.2 Å². The minimum absolute atomic E-state index is 0.0216. The number of nitrogens with zero attached hydrogens (tertiary/aromatic N) is 4. The molecule has 1 aromatic heterocycles. The molecule has 4 fully saturated rings. The number of alkyl halides is 3. The number of hydrogen-bond donors (Lipinski definition) is 3. The Balaban J connectivity index is 1.27. The Morgan fingerprint density at radius 2 is 1.92 bits per heavy atom. The van der Waals surface area contributed by atoms with Crippen LogP contribution in [0.1, 0.15) is 50.2 Å². The Bertz CT molecular complexity index is 1200. The lowest BCUT2D eigenvalue weighted by molar-refractivity contribution is -0.274. The van der Waals surface area contributed by atoms with Gasteiger partial charge in [-0.2, -0.15) is 10.2 Å². The summed E-state index contributed by atoms with van der Waals surface area (Å²) in [6, 6.07) is 8.67. The summed E-state index contributed by atoms with van der Waals surface area (Å²) >= 11 is 0. The first kappa shape index (κ1) is 27.5. The van der Waals surface area contributed by atoms with Crippen LogP contribution in [0.15, 0.2) is 30.5 Å². The van der Waals surface area contributed by atoms with E-state index in [0.717, 1.165) is 19.3 Å². The summed E-state index contributed by atoms with van der Waals surface area (Å²) in [5, 5.41) is 25.8. The molecule has 3 N–H and O–H groups in total. The number of likely N-dealkylation sites (N-methyl/N-ethyl adjacent to an activating group) is 1. The number of rotatable bonds is 10. The van der Waals surface area contributed by atoms with E-state index >= 15 is 0 Å². The van der Waals surface area contributed by atoms with Crippen LogP contribution in [0, 0.1) is 34.5 Å². The smallest absolute Gasteiger partial charge is 0.405 e. The number of anilines is 2. The van der Waals surface area contributed by atoms with Crippen molar-refractivity contribution in [3.8, 4) is 11.8 Å². The summed E-state index contributed by atoms with van der Waals surface area (Å²) in [4.78, 5) is 11.1. The zero-order chi connectivity index (χ0) is 27.8. The fourth-order valence-electron chi connectivity index (χ4n) is 7.47. The van der Waals surface area contributed by atoms with Crippen LogP contribution in [0.2, 0.25) is 0 Å². The van der Waals surface area contributed by atoms with Gasteiger partial charge in [0.1, 0.15) is 23.2 Å². The van der Waals surface area contributed by atoms with Gasteiger partial charge in [-0.3, -0.25) is 4.90 Å². The van der Waals surface area contributed by atoms with E-state index in [1.54, 1.807) is 6.07 Å². The van der Waals surface area contributed by atoms with Gasteiger partial charge in [0.05, 0.1) is 12.8 Å². The molecule has 0 radical (unpaired) electrons. The maximum Gasteiger partial charge on any atom is 0.573 e. The molecule has 6 atom stereocenters. The zero-order valence-corrected chi connectivity index (χ0v) is 22.2. The molecule has 39 heavy (non-hydrogen) atoms. The fourth-order valence-corrected chi connectivity index (χ4v) is 7.47. The highest BCUT2D eigenvalue weighted by Gasteiger charge is 2.56. The highest BCUT2D eigenvalue weighted by molar-refractivity contribution is 5.53. The Kier molecular flexibility index (Phi) is 7.62. The summed E-state index contributed by atoms with van der Waals surface area (Å²) in [5.74, 6) is 2.24. The quantitative estimate of drug-likeness (QED) is 0.393. The van der Waals surface area contributed by atoms with Crippen molar-refractivity contribution in [2.75, 3.05) is 30.8 Å². The maximum absolute atomic E-state index is 12.8. The van der Waals surface area contributed by atoms with Crippen molar-refractivity contribution in [2.24, 2.45) is 23.2 Å². The molecule has 2 aromatic rings. The zero-order valence-electron chi connectivity index (χ0n) is 22.2. The van der Waals surface area contributed by atoms with Crippen molar-refractivity contribution in [3.05, 3.63) is 41.6 Å². The minimum atomic E-state index is -4.79. The molecule has 4 unspecified atom stereocenters. The second-order valence-corrected chi connectivity index (χ2v) is 11.6. The summed E-state index contributed by atoms with van der Waals surface area (Å²) in [7, 11) is 2.14. The van der Waals surface area contributed by atoms with Crippen LogP contribution in [0.5, 0.6) is 5.75 Å². The molecule has 0 amide bonds. The van der Waals surface area contributed by atoms with Gasteiger partial charge in [-0.15, -0.1) is 13.2 Å². The van der Waals surface area contributed by atoms with E-state index in [1.807, 2.05) is 0 Å². The largest absolute Gasteiger partial charge is 0.573 e. The van der Waals surface area contributed by atoms with Crippen LogP contribution in [0.3, 0.4) is 0 Å². The molecule has 4 saturated carbocycles. The van der Waals surface area contributed by atoms with E-state index in [0.29, 0.717) is 47.3 Å². The predicted octanol–water partition coefficient (Wildman–Crippen LogP) is 4.78. The number of halogens is 3. The highest BCUT2D eigenvalue weighted by Crippen LogP contribution is 2.61. The number of nitrogens with one attached hydrogen (secondary N) is 2. The molecular formula is C28H35F3N6O2. The third-order valence-corrected chi connectivity index (χ3v) is 8.96. The number of benzene rings is 1. The van der Waals surface area contributed by atoms with E-state index in [2.05, 4.69) is 50.3 Å². The molecule has 4 bridgehead atoms. The lowest BCUT2D eigenvalue weighted by atomic mass is 9.47. The lowest BCUT2D eigenvalue weighted by Gasteiger charge is -2.62. The Labute approximate surface area is 226 Å². The number of aliphatic hydroxyl groups excluding tert-OH is 1. The average Bonchev–Trinajstić information content (AvgIpc) is 2.89. The van der Waals surface area contributed by atoms with Crippen molar-refractivity contribution in [3.63, 3.8) is 0 Å². The van der Waals surface area contributed by atoms with Crippen LogP contribution < -0.4 is 15.4 Å². The van der Waals surface area contributed by atoms with Gasteiger partial charge in [-0.25, -0.2) is 4.98 Å². The van der Waals surface area contributed by atoms with Crippen molar-refractivity contribution in [1.82, 2.24) is 14.9 Å². The Morgan fingerprint density at radius 3 is 2.59 bits per heavy atom. The number of aromatic nitrogens is 2. The van der Waals surface area contributed by atoms with Gasteiger partial charge in [-0.05, 0) is 75.3 Å². The molecule has 4 aliphatic carbocycles. The molecule has 1 heterocycles. The highest BCUT2D eigenvalue weighted by atomic mass is 19.4. The van der Waals surface area contributed by atoms with Gasteiger partial charge < -0.3 is 20.5 Å². The Hall–Kier alpha value is -3.10. The molecular weight excluding hydrogens is 509 g/mol. The first-order valence-electron chi connectivity index (χ1n) is 13.5. The molecule has 6 rings (SSSR count). The monoisotopic (exact) mass is 544 g/mol. The SMILES string of the molecule is CC(CO)N(C)C1[C@@H]2CC3C[C@H]1CC(CNc1nc(NCc4ccccc4OC(F)(F)F)ncc1C#N)(C3)C2. The number of aliphatic hydroxyl groups is 1. The third-order valence-electron chi connectivity index (χ3n) is 8.96. The summed E-state index contributed by atoms with van der Waals surface area (Å²) in [6.07, 6.45) is 2.47. The second-order valence-electron chi connectivity index (χ2n) is 11.6. The molecule has 0 aliphatic heterocycles. The second kappa shape index (κ2) is 10.8. The molecule has 0 saturated heterocycles. The van der Waals surface area contributed by atoms with Gasteiger partial charge >= 0.3 is 6.36 Å². The molecule has 11 heteroatoms. The average molecular weight is 545 g/mol. The van der Waals surface area contributed by atoms with Crippen molar-refractivity contribution in [1.29, 1.82) is 5.26 Å². The van der Waals surface area contributed by atoms with Crippen molar-refractivity contribution < 1.29 is 23.0 Å². The topological polar surface area (TPSA) is 106 Å². The molecule has 4 aliphatic rings. The number of nitriles is 1. The van der Waals surface area contributed by atoms with E-state index in [-0.39, 0.29) is 36.3 Å². The molecule has 1 aromatic carbocycles. The van der Waals surface area contributed by atoms with Crippen molar-refractivity contribution >= 4 is 11.8 Å². The molecule has 210 valence electrons. The van der Waals surface area contributed by atoms with Crippen LogP contribution in [0.4, 0.5) is 24.9 Å². The van der Waals surface area contributed by atoms with E-state index in [1.165, 1.54) is 37.2 Å². The van der Waals surface area contributed by atoms with Gasteiger partial charge in [0.25, 0.3) is 0 Å². The summed E-state index contributed by atoms with van der Waals surface area (Å²) < 4.78 is 42.4. The molecule has 0 spiro atoms. The van der Waals surface area contributed by atoms with E-state index < -0.39 is 6.36 Å². The fraction of sp³-hybridized carbons (Fsp3) is 0.607. The molecule has 8 nitrogen and oxygen atoms in total. The maximum atomic E-state index is 12.8. The van der Waals surface area contributed by atoms with Crippen LogP contribution >= 0.6 is 0 Å². The number of para-hydroxylation sites is 1. The Morgan fingerprint density at radius 1 is 1.21 bits per heavy atom. The van der Waals surface area contributed by atoms with Crippen LogP contribution in [-0.2, 0) is 6.54 Å². The van der Waals surface area contributed by atoms with Crippen LogP contribution in [0.25, 0.3) is 0 Å². The lowest BCUT2D eigenvalue weighted by Crippen LogP contribution is -2.61. The normalized spacial score (nSPS) is 28.3. The third kappa shape index (κ3) is 5.92. The van der Waals surface area contributed by atoms with E-state index in [9.17, 15) is 23.5 Å². The van der Waals surface area contributed by atoms with Crippen LogP contribution in [-0.4, -0.2) is 58.6 Å². The minimum Gasteiger partial charge on any atom is -0.405 e. The van der Waals surface area contributed by atoms with Gasteiger partial charge in [0.15, 0.2) is 0 Å². The van der Waals surface area contributed by atoms with Gasteiger partial charge in [0, 0.05) is 30.7 Å². The van der Waals surface area contributed by atoms with Crippen molar-refractivity contribution in [2.45, 2.75) is 64.0 Å². The number of ether oxygens (including phenoxy) is 1. The summed E-state index contributed by atoms with van der Waals surface area (Å²) in [6.45, 7) is 2.96. The standard InChI is InChI=1S/C28H35F3N6O2/c1-17(15-38)37(2)24-20-7-18-8-21(24)11-27(9-18,10-20)16-35-25-22(12-32)14-34-26(36-25)33-13-19-5-3-4-6-23(19)39-28(29,30)31/h3-6,14,17-18,20-21,24,38H,7-11,13,15-16H2,1-2H3,(H2,33,34,35,36)/t17?,18?,20-,21+,24?,27?. The number of hydrogen-bond acceptors (Lipinski definition) is 8. The van der Waals surface area contributed by atoms with E-state index in [4.69, 9.17) is 0 Å². The predicted molar refractivity (Wildman–Crippen MR) is 140 cm³/mol.